The summed E-state index contributed by atoms with van der Waals surface area (Å²) in [6.45, 7) is 5.58. The molecule has 1 aromatic heterocycles. The average molecular weight is 384 g/mol. The van der Waals surface area contributed by atoms with E-state index in [9.17, 15) is 18.8 Å². The van der Waals surface area contributed by atoms with Crippen molar-refractivity contribution in [2.24, 2.45) is 0 Å². The highest BCUT2D eigenvalue weighted by molar-refractivity contribution is 6.34. The van der Waals surface area contributed by atoms with Gasteiger partial charge in [0.2, 0.25) is 5.91 Å². The van der Waals surface area contributed by atoms with Gasteiger partial charge in [-0.25, -0.2) is 4.39 Å². The van der Waals surface area contributed by atoms with Crippen molar-refractivity contribution in [3.05, 3.63) is 52.1 Å². The van der Waals surface area contributed by atoms with Crippen LogP contribution in [0, 0.1) is 19.7 Å². The average Bonchev–Trinajstić information content (AvgIpc) is 3.08. The van der Waals surface area contributed by atoms with Crippen LogP contribution < -0.4 is 16.0 Å². The van der Waals surface area contributed by atoms with E-state index < -0.39 is 5.82 Å². The van der Waals surface area contributed by atoms with Crippen LogP contribution in [0.3, 0.4) is 0 Å². The fraction of sp³-hybridized carbons (Fsp3) is 0.250. The molecule has 0 aliphatic carbocycles. The Bertz CT molecular complexity index is 1010. The molecule has 4 N–H and O–H groups in total. The Labute approximate surface area is 161 Å². The lowest BCUT2D eigenvalue weighted by Crippen LogP contribution is -2.34. The van der Waals surface area contributed by atoms with Crippen molar-refractivity contribution in [2.45, 2.75) is 20.8 Å². The number of nitrogens with one attached hydrogen (secondary N) is 4. The Kier molecular flexibility index (Phi) is 5.30. The highest BCUT2D eigenvalue weighted by Gasteiger charge is 2.26. The van der Waals surface area contributed by atoms with E-state index in [1.54, 1.807) is 19.9 Å². The maximum atomic E-state index is 13.6. The molecule has 0 fully saturated rings. The maximum absolute atomic E-state index is 13.6. The number of hydrogen-bond donors (Lipinski definition) is 4. The van der Waals surface area contributed by atoms with Gasteiger partial charge in [0.15, 0.2) is 0 Å². The number of aromatic amines is 1. The first-order valence-corrected chi connectivity index (χ1v) is 8.82. The smallest absolute Gasteiger partial charge is 0.256 e. The second kappa shape index (κ2) is 7.67. The number of halogens is 1. The highest BCUT2D eigenvalue weighted by Crippen LogP contribution is 2.34. The Morgan fingerprint density at radius 2 is 1.89 bits per heavy atom. The van der Waals surface area contributed by atoms with Gasteiger partial charge in [0.05, 0.1) is 11.1 Å². The molecule has 1 aliphatic heterocycles. The van der Waals surface area contributed by atoms with Gasteiger partial charge in [0, 0.05) is 42.7 Å². The Morgan fingerprint density at radius 1 is 1.18 bits per heavy atom. The van der Waals surface area contributed by atoms with Crippen molar-refractivity contribution in [1.29, 1.82) is 0 Å². The maximum Gasteiger partial charge on any atom is 0.256 e. The molecule has 0 bridgehead atoms. The summed E-state index contributed by atoms with van der Waals surface area (Å²) in [5.41, 5.74) is 3.78. The number of hydrogen-bond acceptors (Lipinski definition) is 3. The first-order valence-electron chi connectivity index (χ1n) is 8.82. The second-order valence-electron chi connectivity index (χ2n) is 6.60. The molecule has 28 heavy (non-hydrogen) atoms. The van der Waals surface area contributed by atoms with Crippen molar-refractivity contribution in [2.75, 3.05) is 18.4 Å². The van der Waals surface area contributed by atoms with E-state index >= 15 is 0 Å². The molecule has 146 valence electrons. The minimum atomic E-state index is -0.431. The summed E-state index contributed by atoms with van der Waals surface area (Å²) in [6, 6.07) is 4.11. The quantitative estimate of drug-likeness (QED) is 0.469. The standard InChI is InChI=1S/C20H21FN4O3/c1-10-17(9-15-14-8-13(21)4-5-16(14)25-19(15)27)24-11(2)18(10)20(28)23-7-6-22-12(3)26/h4-5,8-9,24H,6-7H2,1-3H3,(H,22,26)(H,23,28)(H,25,27). The van der Waals surface area contributed by atoms with Crippen LogP contribution in [0.25, 0.3) is 11.6 Å². The zero-order chi connectivity index (χ0) is 20.4. The normalized spacial score (nSPS) is 14.0. The molecule has 8 heteroatoms. The molecule has 3 amide bonds. The lowest BCUT2D eigenvalue weighted by atomic mass is 10.0. The van der Waals surface area contributed by atoms with Gasteiger partial charge < -0.3 is 20.9 Å². The molecule has 0 radical (unpaired) electrons. The third-order valence-corrected chi connectivity index (χ3v) is 4.54. The number of fused-ring (bicyclic) bond motifs is 1. The van der Waals surface area contributed by atoms with E-state index in [1.807, 2.05) is 0 Å². The zero-order valence-electron chi connectivity index (χ0n) is 15.8. The number of carbonyl (C=O) groups excluding carboxylic acids is 3. The van der Waals surface area contributed by atoms with Crippen LogP contribution in [0.1, 0.15) is 39.8 Å². The van der Waals surface area contributed by atoms with Gasteiger partial charge in [-0.05, 0) is 43.7 Å². The van der Waals surface area contributed by atoms with E-state index in [0.717, 1.165) is 0 Å². The van der Waals surface area contributed by atoms with Crippen LogP contribution in [0.4, 0.5) is 10.1 Å². The predicted molar refractivity (Wildman–Crippen MR) is 104 cm³/mol. The number of amides is 3. The predicted octanol–water partition coefficient (Wildman–Crippen LogP) is 2.13. The second-order valence-corrected chi connectivity index (χ2v) is 6.60. The van der Waals surface area contributed by atoms with Crippen LogP contribution in [0.2, 0.25) is 0 Å². The van der Waals surface area contributed by atoms with Gasteiger partial charge >= 0.3 is 0 Å². The molecule has 2 aromatic rings. The van der Waals surface area contributed by atoms with E-state index in [0.29, 0.717) is 52.4 Å². The van der Waals surface area contributed by atoms with Crippen LogP contribution >= 0.6 is 0 Å². The Morgan fingerprint density at radius 3 is 2.61 bits per heavy atom. The molecular weight excluding hydrogens is 363 g/mol. The topological polar surface area (TPSA) is 103 Å². The molecule has 0 spiro atoms. The first-order chi connectivity index (χ1) is 13.3. The van der Waals surface area contributed by atoms with Crippen LogP contribution in [-0.2, 0) is 9.59 Å². The molecule has 0 saturated carbocycles. The summed E-state index contributed by atoms with van der Waals surface area (Å²) < 4.78 is 13.6. The number of aromatic nitrogens is 1. The molecular formula is C20H21FN4O3. The number of H-pyrrole nitrogens is 1. The van der Waals surface area contributed by atoms with Gasteiger partial charge in [0.1, 0.15) is 5.82 Å². The largest absolute Gasteiger partial charge is 0.358 e. The van der Waals surface area contributed by atoms with E-state index in [4.69, 9.17) is 0 Å². The summed E-state index contributed by atoms with van der Waals surface area (Å²) in [5.74, 6) is -1.19. The molecule has 0 saturated heterocycles. The summed E-state index contributed by atoms with van der Waals surface area (Å²) in [5, 5.41) is 8.06. The Balaban J connectivity index is 1.86. The lowest BCUT2D eigenvalue weighted by Gasteiger charge is -2.06. The van der Waals surface area contributed by atoms with Crippen molar-refractivity contribution in [3.63, 3.8) is 0 Å². The van der Waals surface area contributed by atoms with Crippen molar-refractivity contribution in [3.8, 4) is 0 Å². The number of carbonyl (C=O) groups is 3. The van der Waals surface area contributed by atoms with E-state index in [1.165, 1.54) is 25.1 Å². The van der Waals surface area contributed by atoms with Crippen LogP contribution in [0.5, 0.6) is 0 Å². The van der Waals surface area contributed by atoms with E-state index in [2.05, 4.69) is 20.9 Å². The minimum absolute atomic E-state index is 0.163. The molecule has 7 nitrogen and oxygen atoms in total. The third-order valence-electron chi connectivity index (χ3n) is 4.54. The van der Waals surface area contributed by atoms with Gasteiger partial charge in [-0.3, -0.25) is 14.4 Å². The van der Waals surface area contributed by atoms with E-state index in [-0.39, 0.29) is 17.7 Å². The highest BCUT2D eigenvalue weighted by atomic mass is 19.1. The summed E-state index contributed by atoms with van der Waals surface area (Å²) in [7, 11) is 0. The monoisotopic (exact) mass is 384 g/mol. The molecule has 3 rings (SSSR count). The fourth-order valence-corrected chi connectivity index (χ4v) is 3.21. The Hall–Kier alpha value is -3.42. The number of benzene rings is 1. The van der Waals surface area contributed by atoms with Crippen molar-refractivity contribution >= 4 is 35.1 Å². The summed E-state index contributed by atoms with van der Waals surface area (Å²) in [4.78, 5) is 38.8. The number of anilines is 1. The number of rotatable bonds is 5. The summed E-state index contributed by atoms with van der Waals surface area (Å²) >= 11 is 0. The minimum Gasteiger partial charge on any atom is -0.358 e. The number of aryl methyl sites for hydroxylation is 1. The van der Waals surface area contributed by atoms with Gasteiger partial charge in [-0.2, -0.15) is 0 Å². The molecule has 0 atom stereocenters. The molecule has 1 aliphatic rings. The zero-order valence-corrected chi connectivity index (χ0v) is 15.8. The molecule has 1 aromatic carbocycles. The summed E-state index contributed by atoms with van der Waals surface area (Å²) in [6.07, 6.45) is 1.62. The molecule has 0 unspecified atom stereocenters. The van der Waals surface area contributed by atoms with Gasteiger partial charge in [0.25, 0.3) is 11.8 Å². The van der Waals surface area contributed by atoms with Crippen molar-refractivity contribution < 1.29 is 18.8 Å². The fourth-order valence-electron chi connectivity index (χ4n) is 3.21. The SMILES string of the molecule is CC(=O)NCCNC(=O)c1c(C)[nH]c(C=C2C(=O)Nc3ccc(F)cc32)c1C. The van der Waals surface area contributed by atoms with Crippen LogP contribution in [0.15, 0.2) is 18.2 Å². The third kappa shape index (κ3) is 3.80. The molecule has 2 heterocycles. The van der Waals surface area contributed by atoms with Crippen molar-refractivity contribution in [1.82, 2.24) is 15.6 Å². The van der Waals surface area contributed by atoms with Gasteiger partial charge in [-0.1, -0.05) is 0 Å². The first kappa shape index (κ1) is 19.3. The van der Waals surface area contributed by atoms with Gasteiger partial charge in [-0.15, -0.1) is 0 Å². The van der Waals surface area contributed by atoms with Crippen LogP contribution in [-0.4, -0.2) is 35.8 Å². The lowest BCUT2D eigenvalue weighted by molar-refractivity contribution is -0.119.